The average Bonchev–Trinajstić information content (AvgIpc) is 2.30. The summed E-state index contributed by atoms with van der Waals surface area (Å²) in [6.07, 6.45) is 0.767. The second-order valence-electron chi connectivity index (χ2n) is 3.52. The van der Waals surface area contributed by atoms with E-state index in [4.69, 9.17) is 14.6 Å². The largest absolute Gasteiger partial charge is 0.478 e. The predicted molar refractivity (Wildman–Crippen MR) is 59.5 cm³/mol. The summed E-state index contributed by atoms with van der Waals surface area (Å²) in [6, 6.07) is 3.93. The highest BCUT2D eigenvalue weighted by Crippen LogP contribution is 2.11. The number of hydrogen-bond donors (Lipinski definition) is 1. The van der Waals surface area contributed by atoms with Crippen LogP contribution in [-0.2, 0) is 16.1 Å². The lowest BCUT2D eigenvalue weighted by Gasteiger charge is -2.05. The lowest BCUT2D eigenvalue weighted by Crippen LogP contribution is -2.03. The SMILES string of the molecule is COCCCOCc1ccc(F)c(C(=O)O)c1. The summed E-state index contributed by atoms with van der Waals surface area (Å²) in [4.78, 5) is 10.7. The zero-order valence-electron chi connectivity index (χ0n) is 9.61. The van der Waals surface area contributed by atoms with Gasteiger partial charge in [-0.1, -0.05) is 6.07 Å². The van der Waals surface area contributed by atoms with Crippen LogP contribution < -0.4 is 0 Å². The second-order valence-corrected chi connectivity index (χ2v) is 3.52. The number of ether oxygens (including phenoxy) is 2. The molecule has 0 amide bonds. The highest BCUT2D eigenvalue weighted by atomic mass is 19.1. The maximum absolute atomic E-state index is 13.1. The van der Waals surface area contributed by atoms with Crippen molar-refractivity contribution in [1.29, 1.82) is 0 Å². The van der Waals surface area contributed by atoms with Crippen molar-refractivity contribution in [3.05, 3.63) is 35.1 Å². The molecule has 17 heavy (non-hydrogen) atoms. The van der Waals surface area contributed by atoms with Gasteiger partial charge in [-0.05, 0) is 24.1 Å². The smallest absolute Gasteiger partial charge is 0.338 e. The van der Waals surface area contributed by atoms with Crippen LogP contribution in [0.4, 0.5) is 4.39 Å². The normalized spacial score (nSPS) is 10.5. The number of carbonyl (C=O) groups is 1. The lowest BCUT2D eigenvalue weighted by atomic mass is 10.1. The highest BCUT2D eigenvalue weighted by molar-refractivity contribution is 5.88. The van der Waals surface area contributed by atoms with Gasteiger partial charge in [-0.3, -0.25) is 0 Å². The molecule has 1 aromatic carbocycles. The number of methoxy groups -OCH3 is 1. The maximum atomic E-state index is 13.1. The van der Waals surface area contributed by atoms with Crippen LogP contribution in [0.5, 0.6) is 0 Å². The van der Waals surface area contributed by atoms with E-state index in [1.165, 1.54) is 12.1 Å². The van der Waals surface area contributed by atoms with Crippen LogP contribution in [0, 0.1) is 5.82 Å². The second kappa shape index (κ2) is 6.98. The summed E-state index contributed by atoms with van der Waals surface area (Å²) in [6.45, 7) is 1.40. The van der Waals surface area contributed by atoms with Crippen LogP contribution >= 0.6 is 0 Å². The molecule has 0 aromatic heterocycles. The third kappa shape index (κ3) is 4.50. The van der Waals surface area contributed by atoms with E-state index < -0.39 is 11.8 Å². The number of carboxylic acids is 1. The summed E-state index contributed by atoms with van der Waals surface area (Å²) in [7, 11) is 1.61. The van der Waals surface area contributed by atoms with E-state index in [0.717, 1.165) is 12.5 Å². The molecule has 1 rings (SSSR count). The van der Waals surface area contributed by atoms with Gasteiger partial charge in [0.05, 0.1) is 12.2 Å². The molecule has 0 saturated heterocycles. The minimum absolute atomic E-state index is 0.268. The molecule has 1 aromatic rings. The molecule has 0 bridgehead atoms. The molecule has 0 saturated carbocycles. The Morgan fingerprint density at radius 3 is 2.82 bits per heavy atom. The average molecular weight is 242 g/mol. The van der Waals surface area contributed by atoms with Crippen molar-refractivity contribution in [2.45, 2.75) is 13.0 Å². The van der Waals surface area contributed by atoms with Crippen molar-refractivity contribution in [2.24, 2.45) is 0 Å². The molecular weight excluding hydrogens is 227 g/mol. The molecule has 0 heterocycles. The third-order valence-corrected chi connectivity index (χ3v) is 2.17. The molecule has 94 valence electrons. The van der Waals surface area contributed by atoms with Gasteiger partial charge in [0.15, 0.2) is 0 Å². The minimum atomic E-state index is -1.27. The van der Waals surface area contributed by atoms with E-state index in [1.807, 2.05) is 0 Å². The number of rotatable bonds is 7. The van der Waals surface area contributed by atoms with E-state index in [1.54, 1.807) is 7.11 Å². The van der Waals surface area contributed by atoms with Gasteiger partial charge in [0.25, 0.3) is 0 Å². The fraction of sp³-hybridized carbons (Fsp3) is 0.417. The first-order valence-corrected chi connectivity index (χ1v) is 5.23. The maximum Gasteiger partial charge on any atom is 0.338 e. The summed E-state index contributed by atoms with van der Waals surface area (Å²) in [5.41, 5.74) is 0.309. The molecule has 0 unspecified atom stereocenters. The van der Waals surface area contributed by atoms with Gasteiger partial charge in [0.1, 0.15) is 5.82 Å². The molecule has 0 radical (unpaired) electrons. The zero-order chi connectivity index (χ0) is 12.7. The van der Waals surface area contributed by atoms with Crippen molar-refractivity contribution in [3.63, 3.8) is 0 Å². The van der Waals surface area contributed by atoms with Crippen molar-refractivity contribution >= 4 is 5.97 Å². The third-order valence-electron chi connectivity index (χ3n) is 2.17. The Hall–Kier alpha value is -1.46. The number of aromatic carboxylic acids is 1. The molecule has 4 nitrogen and oxygen atoms in total. The first-order valence-electron chi connectivity index (χ1n) is 5.23. The lowest BCUT2D eigenvalue weighted by molar-refractivity contribution is 0.0691. The van der Waals surface area contributed by atoms with E-state index in [9.17, 15) is 9.18 Å². The molecule has 5 heteroatoms. The van der Waals surface area contributed by atoms with Gasteiger partial charge in [0, 0.05) is 20.3 Å². The standard InChI is InChI=1S/C12H15FO4/c1-16-5-2-6-17-8-9-3-4-11(13)10(7-9)12(14)15/h3-4,7H,2,5-6,8H2,1H3,(H,14,15). The molecule has 1 N–H and O–H groups in total. The Morgan fingerprint density at radius 2 is 2.18 bits per heavy atom. The van der Waals surface area contributed by atoms with Crippen molar-refractivity contribution in [2.75, 3.05) is 20.3 Å². The Morgan fingerprint density at radius 1 is 1.41 bits per heavy atom. The Labute approximate surface area is 99.0 Å². The summed E-state index contributed by atoms with van der Waals surface area (Å²) >= 11 is 0. The Kier molecular flexibility index (Phi) is 5.59. The first-order chi connectivity index (χ1) is 8.15. The summed E-state index contributed by atoms with van der Waals surface area (Å²) in [5, 5.41) is 8.73. The molecule has 0 atom stereocenters. The molecule has 0 aliphatic heterocycles. The molecule has 0 aliphatic rings. The first kappa shape index (κ1) is 13.6. The van der Waals surface area contributed by atoms with Gasteiger partial charge in [-0.15, -0.1) is 0 Å². The monoisotopic (exact) mass is 242 g/mol. The van der Waals surface area contributed by atoms with Gasteiger partial charge in [0.2, 0.25) is 0 Å². The predicted octanol–water partition coefficient (Wildman–Crippen LogP) is 2.08. The van der Waals surface area contributed by atoms with E-state index in [-0.39, 0.29) is 12.2 Å². The quantitative estimate of drug-likeness (QED) is 0.744. The zero-order valence-corrected chi connectivity index (χ0v) is 9.61. The number of halogens is 1. The molecule has 0 aliphatic carbocycles. The summed E-state index contributed by atoms with van der Waals surface area (Å²) in [5.74, 6) is -2.01. The number of benzene rings is 1. The van der Waals surface area contributed by atoms with Gasteiger partial charge < -0.3 is 14.6 Å². The minimum Gasteiger partial charge on any atom is -0.478 e. The number of hydrogen-bond acceptors (Lipinski definition) is 3. The van der Waals surface area contributed by atoms with Crippen LogP contribution in [0.15, 0.2) is 18.2 Å². The number of carboxylic acid groups (broad SMARTS) is 1. The summed E-state index contributed by atoms with van der Waals surface area (Å²) < 4.78 is 23.2. The fourth-order valence-electron chi connectivity index (χ4n) is 1.32. The van der Waals surface area contributed by atoms with E-state index in [2.05, 4.69) is 0 Å². The van der Waals surface area contributed by atoms with Crippen LogP contribution in [0.2, 0.25) is 0 Å². The van der Waals surface area contributed by atoms with Crippen LogP contribution in [0.1, 0.15) is 22.3 Å². The Bertz CT molecular complexity index is 379. The van der Waals surface area contributed by atoms with Gasteiger partial charge >= 0.3 is 5.97 Å². The fourth-order valence-corrected chi connectivity index (χ4v) is 1.32. The van der Waals surface area contributed by atoms with Crippen LogP contribution in [0.25, 0.3) is 0 Å². The van der Waals surface area contributed by atoms with Crippen LogP contribution in [0.3, 0.4) is 0 Å². The highest BCUT2D eigenvalue weighted by Gasteiger charge is 2.10. The van der Waals surface area contributed by atoms with Crippen molar-refractivity contribution in [1.82, 2.24) is 0 Å². The Balaban J connectivity index is 2.49. The molecule has 0 fully saturated rings. The molecule has 0 spiro atoms. The van der Waals surface area contributed by atoms with Crippen molar-refractivity contribution in [3.8, 4) is 0 Å². The topological polar surface area (TPSA) is 55.8 Å². The van der Waals surface area contributed by atoms with Crippen LogP contribution in [-0.4, -0.2) is 31.4 Å². The molecular formula is C12H15FO4. The van der Waals surface area contributed by atoms with E-state index in [0.29, 0.717) is 18.8 Å². The van der Waals surface area contributed by atoms with E-state index >= 15 is 0 Å². The van der Waals surface area contributed by atoms with Gasteiger partial charge in [-0.25, -0.2) is 9.18 Å². The van der Waals surface area contributed by atoms with Crippen molar-refractivity contribution < 1.29 is 23.8 Å². The van der Waals surface area contributed by atoms with Gasteiger partial charge in [-0.2, -0.15) is 0 Å².